The molecule has 2 N–H and O–H groups in total. The van der Waals surface area contributed by atoms with Crippen molar-refractivity contribution in [1.29, 1.82) is 0 Å². The summed E-state index contributed by atoms with van der Waals surface area (Å²) in [5.41, 5.74) is 0.167. The average Bonchev–Trinajstić information content (AvgIpc) is 2.59. The van der Waals surface area contributed by atoms with Crippen molar-refractivity contribution < 1.29 is 29.3 Å². The number of ether oxygens (including phenoxy) is 2. The Balaban J connectivity index is 0. The second-order valence-corrected chi connectivity index (χ2v) is 3.73. The van der Waals surface area contributed by atoms with Crippen LogP contribution in [0.5, 0.6) is 0 Å². The smallest absolute Gasteiger partial charge is 0.335 e. The molecule has 0 atom stereocenters. The first-order valence-corrected chi connectivity index (χ1v) is 6.76. The molecule has 0 aliphatic heterocycles. The number of benzene rings is 1. The Morgan fingerprint density at radius 1 is 0.833 bits per heavy atom. The lowest BCUT2D eigenvalue weighted by Crippen LogP contribution is -1.99. The van der Waals surface area contributed by atoms with Gasteiger partial charge in [0, 0.05) is 0 Å². The largest absolute Gasteiger partial charge is 0.478 e. The Bertz CT molecular complexity index is 504. The Morgan fingerprint density at radius 3 is 1.25 bits per heavy atom. The van der Waals surface area contributed by atoms with Gasteiger partial charge in [-0.25, -0.2) is 9.59 Å². The van der Waals surface area contributed by atoms with E-state index in [4.69, 9.17) is 10.2 Å². The van der Waals surface area contributed by atoms with Crippen LogP contribution in [0.3, 0.4) is 0 Å². The SMILES string of the molecule is C=CO/C=C/C.C=CO/C=C/C.O=C(O)c1ccc(C(=O)O)cc1. The molecule has 24 heavy (non-hydrogen) atoms. The van der Waals surface area contributed by atoms with Crippen LogP contribution >= 0.6 is 0 Å². The van der Waals surface area contributed by atoms with E-state index in [0.717, 1.165) is 0 Å². The normalized spacial score (nSPS) is 9.08. The van der Waals surface area contributed by atoms with Crippen molar-refractivity contribution in [2.24, 2.45) is 0 Å². The number of aromatic carboxylic acids is 2. The topological polar surface area (TPSA) is 93.1 Å². The first kappa shape index (κ1) is 23.0. The number of carbonyl (C=O) groups is 2. The number of carboxylic acids is 2. The van der Waals surface area contributed by atoms with E-state index in [-0.39, 0.29) is 11.1 Å². The van der Waals surface area contributed by atoms with Gasteiger partial charge in [0.15, 0.2) is 0 Å². The van der Waals surface area contributed by atoms with Crippen LogP contribution in [0.25, 0.3) is 0 Å². The third kappa shape index (κ3) is 13.7. The van der Waals surface area contributed by atoms with Gasteiger partial charge in [0.05, 0.1) is 36.2 Å². The van der Waals surface area contributed by atoms with Crippen molar-refractivity contribution in [3.05, 3.63) is 85.8 Å². The minimum absolute atomic E-state index is 0.0833. The molecule has 0 fully saturated rings. The fraction of sp³-hybridized carbons (Fsp3) is 0.111. The number of carboxylic acid groups (broad SMARTS) is 2. The number of rotatable bonds is 6. The van der Waals surface area contributed by atoms with E-state index in [0.29, 0.717) is 0 Å². The van der Waals surface area contributed by atoms with E-state index in [9.17, 15) is 9.59 Å². The van der Waals surface area contributed by atoms with Crippen LogP contribution in [-0.4, -0.2) is 22.2 Å². The van der Waals surface area contributed by atoms with Gasteiger partial charge < -0.3 is 19.7 Å². The molecule has 1 aromatic rings. The summed E-state index contributed by atoms with van der Waals surface area (Å²) in [5, 5.41) is 16.9. The predicted molar refractivity (Wildman–Crippen MR) is 92.6 cm³/mol. The summed E-state index contributed by atoms with van der Waals surface area (Å²) in [4.78, 5) is 20.7. The Morgan fingerprint density at radius 2 is 1.12 bits per heavy atom. The molecule has 0 spiro atoms. The Kier molecular flexibility index (Phi) is 15.4. The van der Waals surface area contributed by atoms with Gasteiger partial charge in [-0.1, -0.05) is 25.3 Å². The third-order valence-corrected chi connectivity index (χ3v) is 2.00. The van der Waals surface area contributed by atoms with Crippen LogP contribution in [0, 0.1) is 0 Å². The molecule has 0 saturated carbocycles. The lowest BCUT2D eigenvalue weighted by Gasteiger charge is -1.94. The number of hydrogen-bond donors (Lipinski definition) is 2. The summed E-state index contributed by atoms with van der Waals surface area (Å²) >= 11 is 0. The Hall–Kier alpha value is -3.28. The highest BCUT2D eigenvalue weighted by Crippen LogP contribution is 2.03. The van der Waals surface area contributed by atoms with E-state index in [1.54, 1.807) is 24.7 Å². The molecule has 0 aliphatic carbocycles. The van der Waals surface area contributed by atoms with Gasteiger partial charge in [-0.2, -0.15) is 0 Å². The lowest BCUT2D eigenvalue weighted by atomic mass is 10.1. The van der Waals surface area contributed by atoms with Gasteiger partial charge in [0.25, 0.3) is 0 Å². The maximum absolute atomic E-state index is 10.3. The molecule has 1 rings (SSSR count). The van der Waals surface area contributed by atoms with Crippen LogP contribution in [0.15, 0.2) is 74.6 Å². The quantitative estimate of drug-likeness (QED) is 0.747. The zero-order chi connectivity index (χ0) is 18.8. The molecular weight excluding hydrogens is 312 g/mol. The van der Waals surface area contributed by atoms with E-state index >= 15 is 0 Å². The minimum Gasteiger partial charge on any atom is -0.478 e. The summed E-state index contributed by atoms with van der Waals surface area (Å²) in [6, 6.07) is 5.02. The zero-order valence-corrected chi connectivity index (χ0v) is 13.7. The highest BCUT2D eigenvalue weighted by molar-refractivity contribution is 5.91. The fourth-order valence-electron chi connectivity index (χ4n) is 1.02. The first-order chi connectivity index (χ1) is 11.4. The summed E-state index contributed by atoms with van der Waals surface area (Å²) < 4.78 is 9.13. The van der Waals surface area contributed by atoms with E-state index < -0.39 is 11.9 Å². The predicted octanol–water partition coefficient (Wildman–Crippen LogP) is 4.44. The van der Waals surface area contributed by atoms with Crippen LogP contribution in [0.4, 0.5) is 0 Å². The molecule has 130 valence electrons. The van der Waals surface area contributed by atoms with Crippen molar-refractivity contribution in [3.63, 3.8) is 0 Å². The third-order valence-electron chi connectivity index (χ3n) is 2.00. The summed E-state index contributed by atoms with van der Waals surface area (Å²) in [7, 11) is 0. The van der Waals surface area contributed by atoms with Gasteiger partial charge in [0.1, 0.15) is 0 Å². The molecule has 0 aliphatic rings. The summed E-state index contributed by atoms with van der Waals surface area (Å²) in [6.07, 6.45) is 9.46. The van der Waals surface area contributed by atoms with E-state index in [1.807, 2.05) is 13.8 Å². The van der Waals surface area contributed by atoms with Crippen molar-refractivity contribution in [2.75, 3.05) is 0 Å². The molecule has 6 heteroatoms. The highest BCUT2D eigenvalue weighted by atomic mass is 16.5. The van der Waals surface area contributed by atoms with E-state index in [2.05, 4.69) is 22.6 Å². The van der Waals surface area contributed by atoms with Crippen molar-refractivity contribution in [1.82, 2.24) is 0 Å². The first-order valence-electron chi connectivity index (χ1n) is 6.76. The molecule has 6 nitrogen and oxygen atoms in total. The molecule has 1 aromatic carbocycles. The van der Waals surface area contributed by atoms with Crippen LogP contribution in [0.2, 0.25) is 0 Å². The molecule has 0 radical (unpaired) electrons. The molecule has 0 saturated heterocycles. The van der Waals surface area contributed by atoms with E-state index in [1.165, 1.54) is 36.8 Å². The van der Waals surface area contributed by atoms with Crippen LogP contribution in [-0.2, 0) is 9.47 Å². The van der Waals surface area contributed by atoms with Crippen LogP contribution in [0.1, 0.15) is 34.6 Å². The second kappa shape index (κ2) is 16.1. The van der Waals surface area contributed by atoms with Gasteiger partial charge >= 0.3 is 11.9 Å². The molecule has 0 unspecified atom stereocenters. The Labute approximate surface area is 141 Å². The fourth-order valence-corrected chi connectivity index (χ4v) is 1.02. The van der Waals surface area contributed by atoms with Crippen molar-refractivity contribution >= 4 is 11.9 Å². The van der Waals surface area contributed by atoms with Gasteiger partial charge in [-0.05, 0) is 38.1 Å². The number of hydrogen-bond acceptors (Lipinski definition) is 4. The maximum Gasteiger partial charge on any atom is 0.335 e. The monoisotopic (exact) mass is 334 g/mol. The molecule has 0 bridgehead atoms. The highest BCUT2D eigenvalue weighted by Gasteiger charge is 2.04. The lowest BCUT2D eigenvalue weighted by molar-refractivity contribution is 0.0681. The maximum atomic E-state index is 10.3. The van der Waals surface area contributed by atoms with Gasteiger partial charge in [-0.3, -0.25) is 0 Å². The summed E-state index contributed by atoms with van der Waals surface area (Å²) in [6.45, 7) is 10.4. The molecular formula is C18H22O6. The number of allylic oxidation sites excluding steroid dienone is 2. The van der Waals surface area contributed by atoms with Crippen molar-refractivity contribution in [3.8, 4) is 0 Å². The molecule has 0 heterocycles. The average molecular weight is 334 g/mol. The summed E-state index contributed by atoms with van der Waals surface area (Å²) in [5.74, 6) is -2.13. The van der Waals surface area contributed by atoms with Crippen LogP contribution < -0.4 is 0 Å². The van der Waals surface area contributed by atoms with Crippen molar-refractivity contribution in [2.45, 2.75) is 13.8 Å². The second-order valence-electron chi connectivity index (χ2n) is 3.73. The minimum atomic E-state index is -1.06. The molecule has 0 aromatic heterocycles. The van der Waals surface area contributed by atoms with Gasteiger partial charge in [0.2, 0.25) is 0 Å². The molecule has 0 amide bonds. The standard InChI is InChI=1S/C8H6O4.2C5H8O/c9-7(10)5-1-2-6(4-3-5)8(11)12;2*1-3-5-6-4-2/h1-4H,(H,9,10)(H,11,12);2*3-5H,2H2,1H3/b;2*5-3+. The van der Waals surface area contributed by atoms with Gasteiger partial charge in [-0.15, -0.1) is 0 Å². The zero-order valence-electron chi connectivity index (χ0n) is 13.7.